The highest BCUT2D eigenvalue weighted by Crippen LogP contribution is 1.74. The number of hydrogen-bond donors (Lipinski definition) is 2. The number of hydrogen-bond acceptors (Lipinski definition) is 3. The number of carbonyl (C=O) groups is 1. The molecule has 0 aliphatic rings. The fourth-order valence-corrected chi connectivity index (χ4v) is 0.605. The van der Waals surface area contributed by atoms with Gasteiger partial charge in [0.1, 0.15) is 0 Å². The van der Waals surface area contributed by atoms with Crippen LogP contribution in [0, 0.1) is 11.3 Å². The molecule has 0 radical (unpaired) electrons. The summed E-state index contributed by atoms with van der Waals surface area (Å²) in [6.45, 7) is 4.21. The molecule has 0 saturated carbocycles. The molecule has 0 aromatic rings. The molecule has 62 valence electrons. The summed E-state index contributed by atoms with van der Waals surface area (Å²) in [4.78, 5) is 10.8. The summed E-state index contributed by atoms with van der Waals surface area (Å²) < 4.78 is 0. The lowest BCUT2D eigenvalue weighted by molar-refractivity contribution is -0.120. The van der Waals surface area contributed by atoms with E-state index in [4.69, 9.17) is 5.26 Å². The first-order valence-electron chi connectivity index (χ1n) is 3.54. The van der Waals surface area contributed by atoms with Crippen molar-refractivity contribution in [3.63, 3.8) is 0 Å². The Labute approximate surface area is 66.6 Å². The molecule has 2 N–H and O–H groups in total. The molecule has 0 unspecified atom stereocenters. The highest BCUT2D eigenvalue weighted by molar-refractivity contribution is 5.78. The van der Waals surface area contributed by atoms with Crippen molar-refractivity contribution in [2.75, 3.05) is 13.1 Å². The van der Waals surface area contributed by atoms with Gasteiger partial charge < -0.3 is 5.32 Å². The molecule has 0 aromatic heterocycles. The largest absolute Gasteiger partial charge is 0.353 e. The summed E-state index contributed by atoms with van der Waals surface area (Å²) in [5.74, 6) is -0.0738. The zero-order chi connectivity index (χ0) is 8.69. The topological polar surface area (TPSA) is 64.9 Å². The van der Waals surface area contributed by atoms with Crippen molar-refractivity contribution in [2.24, 2.45) is 0 Å². The molecule has 0 saturated heterocycles. The van der Waals surface area contributed by atoms with Crippen molar-refractivity contribution in [3.8, 4) is 6.07 Å². The summed E-state index contributed by atoms with van der Waals surface area (Å²) >= 11 is 0. The first-order chi connectivity index (χ1) is 5.16. The zero-order valence-corrected chi connectivity index (χ0v) is 6.85. The van der Waals surface area contributed by atoms with Gasteiger partial charge in [0.05, 0.1) is 19.2 Å². The summed E-state index contributed by atoms with van der Waals surface area (Å²) in [6, 6.07) is 2.04. The zero-order valence-electron chi connectivity index (χ0n) is 6.85. The molecule has 0 aliphatic heterocycles. The smallest absolute Gasteiger partial charge is 0.234 e. The highest BCUT2D eigenvalue weighted by atomic mass is 16.1. The van der Waals surface area contributed by atoms with Crippen molar-refractivity contribution in [3.05, 3.63) is 0 Å². The second-order valence-electron chi connectivity index (χ2n) is 2.48. The first kappa shape index (κ1) is 9.92. The Morgan fingerprint density at radius 3 is 2.73 bits per heavy atom. The van der Waals surface area contributed by atoms with E-state index in [1.54, 1.807) is 0 Å². The second-order valence-corrected chi connectivity index (χ2v) is 2.48. The lowest BCUT2D eigenvalue weighted by Crippen LogP contribution is -2.37. The normalized spacial score (nSPS) is 9.27. The van der Waals surface area contributed by atoms with E-state index in [2.05, 4.69) is 10.6 Å². The van der Waals surface area contributed by atoms with Crippen molar-refractivity contribution in [2.45, 2.75) is 19.9 Å². The average Bonchev–Trinajstić information content (AvgIpc) is 1.86. The van der Waals surface area contributed by atoms with Gasteiger partial charge in [-0.15, -0.1) is 0 Å². The van der Waals surface area contributed by atoms with Crippen LogP contribution in [0.1, 0.15) is 13.8 Å². The Kier molecular flexibility index (Phi) is 5.13. The predicted molar refractivity (Wildman–Crippen MR) is 41.8 cm³/mol. The van der Waals surface area contributed by atoms with E-state index in [0.717, 1.165) is 0 Å². The van der Waals surface area contributed by atoms with E-state index < -0.39 is 0 Å². The maximum atomic E-state index is 10.8. The van der Waals surface area contributed by atoms with Gasteiger partial charge in [0.2, 0.25) is 5.91 Å². The maximum absolute atomic E-state index is 10.8. The van der Waals surface area contributed by atoms with Gasteiger partial charge in [-0.05, 0) is 13.8 Å². The van der Waals surface area contributed by atoms with Crippen LogP contribution in [0.2, 0.25) is 0 Å². The molecule has 0 bridgehead atoms. The Morgan fingerprint density at radius 1 is 1.64 bits per heavy atom. The van der Waals surface area contributed by atoms with E-state index in [-0.39, 0.29) is 25.0 Å². The summed E-state index contributed by atoms with van der Waals surface area (Å²) in [7, 11) is 0. The molecule has 0 fully saturated rings. The predicted octanol–water partition coefficient (Wildman–Crippen LogP) is -0.376. The van der Waals surface area contributed by atoms with Crippen molar-refractivity contribution in [1.82, 2.24) is 10.6 Å². The standard InChI is InChI=1S/C7H13N3O/c1-6(2)10-7(11)5-9-4-3-8/h6,9H,4-5H2,1-2H3,(H,10,11). The highest BCUT2D eigenvalue weighted by Gasteiger charge is 2.00. The Hall–Kier alpha value is -1.08. The van der Waals surface area contributed by atoms with Crippen LogP contribution in [0.4, 0.5) is 0 Å². The molecule has 0 spiro atoms. The summed E-state index contributed by atoms with van der Waals surface area (Å²) in [5, 5.41) is 13.5. The Bertz CT molecular complexity index is 160. The lowest BCUT2D eigenvalue weighted by atomic mass is 10.4. The van der Waals surface area contributed by atoms with Crippen LogP contribution in [0.15, 0.2) is 0 Å². The number of rotatable bonds is 4. The third kappa shape index (κ3) is 6.81. The van der Waals surface area contributed by atoms with Crippen LogP contribution in [-0.2, 0) is 4.79 Å². The van der Waals surface area contributed by atoms with Crippen molar-refractivity contribution in [1.29, 1.82) is 5.26 Å². The minimum atomic E-state index is -0.0738. The fraction of sp³-hybridized carbons (Fsp3) is 0.714. The Morgan fingerprint density at radius 2 is 2.27 bits per heavy atom. The number of amides is 1. The van der Waals surface area contributed by atoms with Crippen LogP contribution in [-0.4, -0.2) is 25.0 Å². The first-order valence-corrected chi connectivity index (χ1v) is 3.54. The van der Waals surface area contributed by atoms with E-state index in [0.29, 0.717) is 0 Å². The molecule has 4 heteroatoms. The molecule has 1 amide bonds. The van der Waals surface area contributed by atoms with Gasteiger partial charge in [-0.2, -0.15) is 5.26 Å². The fourth-order valence-electron chi connectivity index (χ4n) is 0.605. The monoisotopic (exact) mass is 155 g/mol. The van der Waals surface area contributed by atoms with E-state index in [1.807, 2.05) is 19.9 Å². The minimum absolute atomic E-state index is 0.0738. The number of nitrogens with one attached hydrogen (secondary N) is 2. The van der Waals surface area contributed by atoms with Gasteiger partial charge in [-0.25, -0.2) is 0 Å². The minimum Gasteiger partial charge on any atom is -0.353 e. The average molecular weight is 155 g/mol. The molecule has 0 rings (SSSR count). The molecule has 0 atom stereocenters. The van der Waals surface area contributed by atoms with Gasteiger partial charge in [0, 0.05) is 6.04 Å². The van der Waals surface area contributed by atoms with Gasteiger partial charge in [-0.1, -0.05) is 0 Å². The van der Waals surface area contributed by atoms with Crippen LogP contribution in [0.25, 0.3) is 0 Å². The molecule has 0 heterocycles. The van der Waals surface area contributed by atoms with E-state index in [1.165, 1.54) is 0 Å². The third-order valence-electron chi connectivity index (χ3n) is 0.939. The van der Waals surface area contributed by atoms with Gasteiger partial charge in [-0.3, -0.25) is 10.1 Å². The van der Waals surface area contributed by atoms with Gasteiger partial charge in [0.25, 0.3) is 0 Å². The maximum Gasteiger partial charge on any atom is 0.234 e. The van der Waals surface area contributed by atoms with E-state index >= 15 is 0 Å². The van der Waals surface area contributed by atoms with Crippen molar-refractivity contribution < 1.29 is 4.79 Å². The Balaban J connectivity index is 3.32. The number of carbonyl (C=O) groups excluding carboxylic acids is 1. The van der Waals surface area contributed by atoms with Gasteiger partial charge >= 0.3 is 0 Å². The second kappa shape index (κ2) is 5.69. The lowest BCUT2D eigenvalue weighted by Gasteiger charge is -2.07. The number of nitriles is 1. The van der Waals surface area contributed by atoms with E-state index in [9.17, 15) is 4.79 Å². The van der Waals surface area contributed by atoms with Crippen LogP contribution >= 0.6 is 0 Å². The molecule has 11 heavy (non-hydrogen) atoms. The van der Waals surface area contributed by atoms with Crippen molar-refractivity contribution >= 4 is 5.91 Å². The van der Waals surface area contributed by atoms with Gasteiger partial charge in [0.15, 0.2) is 0 Å². The summed E-state index contributed by atoms with van der Waals surface area (Å²) in [6.07, 6.45) is 0. The molecule has 4 nitrogen and oxygen atoms in total. The SMILES string of the molecule is CC(C)NC(=O)CNCC#N. The van der Waals surface area contributed by atoms with Crippen LogP contribution in [0.3, 0.4) is 0 Å². The van der Waals surface area contributed by atoms with Crippen LogP contribution < -0.4 is 10.6 Å². The quantitative estimate of drug-likeness (QED) is 0.430. The third-order valence-corrected chi connectivity index (χ3v) is 0.939. The summed E-state index contributed by atoms with van der Waals surface area (Å²) in [5.41, 5.74) is 0. The molecule has 0 aromatic carbocycles. The molecule has 0 aliphatic carbocycles. The number of nitrogens with zero attached hydrogens (tertiary/aromatic N) is 1. The molecular weight excluding hydrogens is 142 g/mol. The van der Waals surface area contributed by atoms with Crippen LogP contribution in [0.5, 0.6) is 0 Å². The molecular formula is C7H13N3O.